The predicted molar refractivity (Wildman–Crippen MR) is 98.6 cm³/mol. The van der Waals surface area contributed by atoms with Crippen molar-refractivity contribution in [2.75, 3.05) is 5.32 Å². The third-order valence-electron chi connectivity index (χ3n) is 3.37. The van der Waals surface area contributed by atoms with Crippen molar-refractivity contribution < 1.29 is 12.3 Å². The van der Waals surface area contributed by atoms with E-state index in [0.29, 0.717) is 5.69 Å². The first-order chi connectivity index (χ1) is 13.8. The van der Waals surface area contributed by atoms with Crippen molar-refractivity contribution >= 4 is 23.0 Å². The van der Waals surface area contributed by atoms with Gasteiger partial charge in [0.2, 0.25) is 0 Å². The van der Waals surface area contributed by atoms with Crippen LogP contribution in [0.5, 0.6) is 0 Å². The molecule has 2 rings (SSSR count). The van der Waals surface area contributed by atoms with Gasteiger partial charge in [0, 0.05) is 28.7 Å². The second-order valence-corrected chi connectivity index (χ2v) is 6.87. The van der Waals surface area contributed by atoms with Crippen molar-refractivity contribution in [1.29, 1.82) is 0 Å². The summed E-state index contributed by atoms with van der Waals surface area (Å²) in [5, 5.41) is 3.08. The van der Waals surface area contributed by atoms with Gasteiger partial charge in [-0.15, -0.1) is 0 Å². The van der Waals surface area contributed by atoms with Gasteiger partial charge in [0.15, 0.2) is 0 Å². The average molecular weight is 325 g/mol. The Balaban J connectivity index is 2.63. The van der Waals surface area contributed by atoms with E-state index in [1.165, 1.54) is 12.1 Å². The number of nitrogens with one attached hydrogen (secondary N) is 1. The van der Waals surface area contributed by atoms with Gasteiger partial charge >= 0.3 is 0 Å². The first kappa shape index (κ1) is 8.40. The highest BCUT2D eigenvalue weighted by Gasteiger charge is 2.16. The summed E-state index contributed by atoms with van der Waals surface area (Å²) in [4.78, 5) is 0. The topological polar surface area (TPSA) is 12.0 Å². The molecule has 2 aromatic rings. The summed E-state index contributed by atoms with van der Waals surface area (Å²) < 4.78 is 70.9. The first-order valence-electron chi connectivity index (χ1n) is 11.5. The van der Waals surface area contributed by atoms with Gasteiger partial charge in [-0.05, 0) is 52.3 Å². The number of hydrogen-bond acceptors (Lipinski definition) is 1. The summed E-state index contributed by atoms with van der Waals surface area (Å²) in [6.07, 6.45) is 0. The Hall–Kier alpha value is -1.47. The summed E-state index contributed by atoms with van der Waals surface area (Å²) >= 11 is 6.17. The molecule has 22 heavy (non-hydrogen) atoms. The Morgan fingerprint density at radius 1 is 0.818 bits per heavy atom. The molecule has 1 nitrogen and oxygen atoms in total. The van der Waals surface area contributed by atoms with Gasteiger partial charge in [-0.3, -0.25) is 0 Å². The summed E-state index contributed by atoms with van der Waals surface area (Å²) in [5.74, 6) is 0. The Labute approximate surface area is 152 Å². The lowest BCUT2D eigenvalue weighted by Gasteiger charge is -2.21. The Kier molecular flexibility index (Phi) is 2.28. The molecule has 0 aliphatic carbocycles. The molecule has 0 unspecified atom stereocenters. The molecule has 0 aliphatic rings. The highest BCUT2D eigenvalue weighted by Crippen LogP contribution is 2.30. The molecule has 0 atom stereocenters. The number of anilines is 2. The van der Waals surface area contributed by atoms with Crippen LogP contribution in [0.4, 0.5) is 11.4 Å². The molecule has 0 spiro atoms. The van der Waals surface area contributed by atoms with Gasteiger partial charge < -0.3 is 5.32 Å². The van der Waals surface area contributed by atoms with Crippen molar-refractivity contribution in [1.82, 2.24) is 0 Å². The molecular weight excluding hydrogens is 290 g/mol. The van der Waals surface area contributed by atoms with E-state index in [1.807, 2.05) is 24.3 Å². The second-order valence-electron chi connectivity index (χ2n) is 6.43. The zero-order chi connectivity index (χ0) is 24.0. The highest BCUT2D eigenvalue weighted by molar-refractivity contribution is 6.31. The van der Waals surface area contributed by atoms with E-state index in [0.717, 1.165) is 11.6 Å². The Bertz CT molecular complexity index is 884. The van der Waals surface area contributed by atoms with Crippen molar-refractivity contribution in [2.24, 2.45) is 0 Å². The fourth-order valence-corrected chi connectivity index (χ4v) is 2.33. The summed E-state index contributed by atoms with van der Waals surface area (Å²) in [6.45, 7) is -3.80. The van der Waals surface area contributed by atoms with Crippen LogP contribution in [-0.4, -0.2) is 0 Å². The van der Waals surface area contributed by atoms with Crippen molar-refractivity contribution in [3.05, 3.63) is 58.6 Å². The molecule has 0 heterocycles. The standard InChI is InChI=1S/C20H26ClN/c1-19(2,3)14-7-9-17(10-8-14)22-18-12-15(20(4,5)6)11-16(21)13-18/h7-13,22H,1-6H3/i4D3,5D3,6D3. The SMILES string of the molecule is [2H]C([2H])([2H])C(c1cc(Cl)cc(Nc2ccc(C(C)(C)C)cc2)c1)(C([2H])([2H])[2H])C([2H])([2H])[2H]. The van der Waals surface area contributed by atoms with E-state index < -0.39 is 31.5 Å². The third-order valence-corrected chi connectivity index (χ3v) is 3.59. The fourth-order valence-electron chi connectivity index (χ4n) is 2.10. The smallest absolute Gasteiger partial charge is 0.0429 e. The monoisotopic (exact) mass is 324 g/mol. The lowest BCUT2D eigenvalue weighted by Crippen LogP contribution is -2.11. The number of hydrogen-bond donors (Lipinski definition) is 1. The van der Waals surface area contributed by atoms with Crippen LogP contribution < -0.4 is 5.32 Å². The molecule has 118 valence electrons. The molecule has 1 N–H and O–H groups in total. The maximum absolute atomic E-state index is 7.88. The van der Waals surface area contributed by atoms with Crippen molar-refractivity contribution in [3.8, 4) is 0 Å². The average Bonchev–Trinajstić information content (AvgIpc) is 2.50. The lowest BCUT2D eigenvalue weighted by atomic mass is 9.86. The minimum absolute atomic E-state index is 0.0217. The molecule has 2 aromatic carbocycles. The predicted octanol–water partition coefficient (Wildman–Crippen LogP) is 6.68. The quantitative estimate of drug-likeness (QED) is 0.649. The molecule has 0 saturated heterocycles. The minimum Gasteiger partial charge on any atom is -0.355 e. The van der Waals surface area contributed by atoms with Crippen molar-refractivity contribution in [3.63, 3.8) is 0 Å². The van der Waals surface area contributed by atoms with E-state index in [1.54, 1.807) is 0 Å². The van der Waals surface area contributed by atoms with Gasteiger partial charge in [-0.25, -0.2) is 0 Å². The van der Waals surface area contributed by atoms with Crippen LogP contribution in [0.2, 0.25) is 5.02 Å². The molecular formula is C20H26ClN. The fraction of sp³-hybridized carbons (Fsp3) is 0.400. The van der Waals surface area contributed by atoms with Crippen molar-refractivity contribution in [2.45, 2.75) is 52.2 Å². The number of rotatable bonds is 2. The molecule has 0 radical (unpaired) electrons. The maximum atomic E-state index is 7.88. The zero-order valence-electron chi connectivity index (χ0n) is 21.9. The Morgan fingerprint density at radius 2 is 1.45 bits per heavy atom. The van der Waals surface area contributed by atoms with Gasteiger partial charge in [0.05, 0.1) is 0 Å². The molecule has 0 fully saturated rings. The number of benzene rings is 2. The second kappa shape index (κ2) is 5.96. The molecule has 2 heteroatoms. The Morgan fingerprint density at radius 3 is 2.00 bits per heavy atom. The molecule has 0 aromatic heterocycles. The van der Waals surface area contributed by atoms with Gasteiger partial charge in [-0.2, -0.15) is 0 Å². The first-order valence-corrected chi connectivity index (χ1v) is 7.37. The largest absolute Gasteiger partial charge is 0.355 e. The maximum Gasteiger partial charge on any atom is 0.0429 e. The molecule has 0 bridgehead atoms. The summed E-state index contributed by atoms with van der Waals surface area (Å²) in [7, 11) is 0. The summed E-state index contributed by atoms with van der Waals surface area (Å²) in [6, 6.07) is 11.3. The van der Waals surface area contributed by atoms with E-state index in [4.69, 9.17) is 23.9 Å². The third kappa shape index (κ3) is 4.27. The van der Waals surface area contributed by atoms with E-state index >= 15 is 0 Å². The molecule has 0 aliphatic heterocycles. The van der Waals surface area contributed by atoms with E-state index in [9.17, 15) is 0 Å². The normalized spacial score (nSPS) is 20.1. The van der Waals surface area contributed by atoms with E-state index in [2.05, 4.69) is 26.1 Å². The van der Waals surface area contributed by atoms with E-state index in [-0.39, 0.29) is 16.1 Å². The summed E-state index contributed by atoms with van der Waals surface area (Å²) in [5.41, 5.74) is -1.49. The highest BCUT2D eigenvalue weighted by atomic mass is 35.5. The number of halogens is 1. The molecule has 0 amide bonds. The van der Waals surface area contributed by atoms with Crippen LogP contribution in [0.15, 0.2) is 42.5 Å². The minimum atomic E-state index is -3.35. The molecule has 0 saturated carbocycles. The van der Waals surface area contributed by atoms with Crippen LogP contribution in [0.3, 0.4) is 0 Å². The van der Waals surface area contributed by atoms with Crippen LogP contribution >= 0.6 is 11.6 Å². The van der Waals surface area contributed by atoms with Gasteiger partial charge in [0.1, 0.15) is 0 Å². The lowest BCUT2D eigenvalue weighted by molar-refractivity contribution is 0.590. The zero-order valence-corrected chi connectivity index (χ0v) is 13.7. The van der Waals surface area contributed by atoms with Crippen LogP contribution in [0, 0.1) is 0 Å². The van der Waals surface area contributed by atoms with Crippen LogP contribution in [0.1, 0.15) is 64.8 Å². The van der Waals surface area contributed by atoms with Gasteiger partial charge in [0.25, 0.3) is 0 Å². The van der Waals surface area contributed by atoms with Gasteiger partial charge in [-0.1, -0.05) is 65.1 Å². The van der Waals surface area contributed by atoms with Crippen LogP contribution in [-0.2, 0) is 10.8 Å². The van der Waals surface area contributed by atoms with Crippen LogP contribution in [0.25, 0.3) is 0 Å².